The number of hydrogen-bond donors (Lipinski definition) is 0. The lowest BCUT2D eigenvalue weighted by molar-refractivity contribution is 0.554. The lowest BCUT2D eigenvalue weighted by Crippen LogP contribution is -2.12. The predicted octanol–water partition coefficient (Wildman–Crippen LogP) is 2.51. The Hall–Kier alpha value is -0.220. The Balaban J connectivity index is 3.25. The van der Waals surface area contributed by atoms with Crippen molar-refractivity contribution in [1.82, 2.24) is 9.17 Å². The van der Waals surface area contributed by atoms with Crippen molar-refractivity contribution in [2.45, 2.75) is 26.2 Å². The summed E-state index contributed by atoms with van der Waals surface area (Å²) in [5.74, 6) is 0. The maximum atomic E-state index is 5.16. The van der Waals surface area contributed by atoms with Crippen LogP contribution in [0.2, 0.25) is 0 Å². The van der Waals surface area contributed by atoms with Crippen LogP contribution in [-0.2, 0) is 12.5 Å². The molecule has 0 unspecified atom stereocenters. The fourth-order valence-electron chi connectivity index (χ4n) is 0.821. The summed E-state index contributed by atoms with van der Waals surface area (Å²) in [6.07, 6.45) is 0. The van der Waals surface area contributed by atoms with E-state index in [1.165, 1.54) is 11.5 Å². The molecule has 4 heteroatoms. The highest BCUT2D eigenvalue weighted by Gasteiger charge is 2.19. The molecule has 1 rings (SSSR count). The monoisotopic (exact) mass is 188 g/mol. The molecular formula is C7H12N2S2. The van der Waals surface area contributed by atoms with Crippen molar-refractivity contribution in [2.24, 2.45) is 7.05 Å². The van der Waals surface area contributed by atoms with Crippen molar-refractivity contribution in [3.63, 3.8) is 0 Å². The number of nitrogens with zero attached hydrogens (tertiary/aromatic N) is 2. The molecule has 0 amide bonds. The van der Waals surface area contributed by atoms with Gasteiger partial charge in [-0.2, -0.15) is 5.10 Å². The van der Waals surface area contributed by atoms with Crippen LogP contribution >= 0.6 is 23.8 Å². The summed E-state index contributed by atoms with van der Waals surface area (Å²) in [4.78, 5) is 0. The Morgan fingerprint density at radius 2 is 2.00 bits per heavy atom. The molecule has 1 aromatic heterocycles. The first-order valence-corrected chi connectivity index (χ1v) is 4.64. The summed E-state index contributed by atoms with van der Waals surface area (Å²) in [5, 5.41) is 4.31. The third-order valence-electron chi connectivity index (χ3n) is 1.36. The van der Waals surface area contributed by atoms with Crippen molar-refractivity contribution in [1.29, 1.82) is 0 Å². The van der Waals surface area contributed by atoms with E-state index in [0.717, 1.165) is 9.52 Å². The van der Waals surface area contributed by atoms with Gasteiger partial charge in [0.1, 0.15) is 3.82 Å². The lowest BCUT2D eigenvalue weighted by atomic mass is 9.93. The van der Waals surface area contributed by atoms with Crippen LogP contribution in [0.4, 0.5) is 0 Å². The molecule has 2 nitrogen and oxygen atoms in total. The van der Waals surface area contributed by atoms with Gasteiger partial charge in [0.15, 0.2) is 0 Å². The molecule has 0 bridgehead atoms. The molecule has 0 fully saturated rings. The molecule has 0 aliphatic carbocycles. The number of aryl methyl sites for hydroxylation is 1. The third kappa shape index (κ3) is 1.87. The molecule has 0 spiro atoms. The quantitative estimate of drug-likeness (QED) is 0.582. The molecule has 0 aliphatic heterocycles. The number of rotatable bonds is 0. The topological polar surface area (TPSA) is 17.8 Å². The summed E-state index contributed by atoms with van der Waals surface area (Å²) in [7, 11) is 1.91. The zero-order chi connectivity index (χ0) is 8.65. The second-order valence-electron chi connectivity index (χ2n) is 3.54. The van der Waals surface area contributed by atoms with E-state index in [1.807, 2.05) is 11.1 Å². The highest BCUT2D eigenvalue weighted by atomic mass is 32.2. The summed E-state index contributed by atoms with van der Waals surface area (Å²) in [5.41, 5.74) is 1.11. The van der Waals surface area contributed by atoms with E-state index in [4.69, 9.17) is 12.2 Å². The number of aromatic nitrogens is 2. The minimum absolute atomic E-state index is 0.0782. The molecule has 1 aromatic rings. The van der Waals surface area contributed by atoms with Gasteiger partial charge in [0, 0.05) is 12.5 Å². The van der Waals surface area contributed by atoms with Crippen LogP contribution in [0.3, 0.4) is 0 Å². The Morgan fingerprint density at radius 3 is 2.18 bits per heavy atom. The third-order valence-corrected chi connectivity index (χ3v) is 2.48. The van der Waals surface area contributed by atoms with Gasteiger partial charge in [0.2, 0.25) is 0 Å². The second kappa shape index (κ2) is 2.68. The van der Waals surface area contributed by atoms with Crippen molar-refractivity contribution in [3.8, 4) is 0 Å². The maximum absolute atomic E-state index is 5.16. The SMILES string of the molecule is Cn1nc(C(C)(C)C)c(=S)s1. The largest absolute Gasteiger partial charge is 0.221 e. The molecule has 1 heterocycles. The summed E-state index contributed by atoms with van der Waals surface area (Å²) < 4.78 is 2.71. The molecule has 0 aliphatic rings. The molecule has 0 aromatic carbocycles. The molecule has 0 saturated heterocycles. The van der Waals surface area contributed by atoms with E-state index < -0.39 is 0 Å². The Morgan fingerprint density at radius 1 is 1.45 bits per heavy atom. The van der Waals surface area contributed by atoms with Gasteiger partial charge in [0.25, 0.3) is 0 Å². The predicted molar refractivity (Wildman–Crippen MR) is 50.6 cm³/mol. The smallest absolute Gasteiger partial charge is 0.132 e. The van der Waals surface area contributed by atoms with Crippen molar-refractivity contribution < 1.29 is 0 Å². The van der Waals surface area contributed by atoms with Crippen molar-refractivity contribution in [3.05, 3.63) is 9.52 Å². The first-order valence-electron chi connectivity index (χ1n) is 3.46. The highest BCUT2D eigenvalue weighted by molar-refractivity contribution is 7.73. The summed E-state index contributed by atoms with van der Waals surface area (Å²) >= 11 is 6.67. The van der Waals surface area contributed by atoms with Crippen LogP contribution < -0.4 is 0 Å². The highest BCUT2D eigenvalue weighted by Crippen LogP contribution is 2.22. The first kappa shape index (κ1) is 8.87. The zero-order valence-electron chi connectivity index (χ0n) is 7.21. The van der Waals surface area contributed by atoms with Crippen LogP contribution in [-0.4, -0.2) is 9.17 Å². The maximum Gasteiger partial charge on any atom is 0.132 e. The van der Waals surface area contributed by atoms with Gasteiger partial charge in [-0.1, -0.05) is 33.0 Å². The average molecular weight is 188 g/mol. The van der Waals surface area contributed by atoms with Gasteiger partial charge in [-0.3, -0.25) is 0 Å². The minimum Gasteiger partial charge on any atom is -0.221 e. The van der Waals surface area contributed by atoms with Gasteiger partial charge in [0.05, 0.1) is 5.69 Å². The van der Waals surface area contributed by atoms with Gasteiger partial charge in [-0.15, -0.1) is 0 Å². The molecule has 0 atom stereocenters. The van der Waals surface area contributed by atoms with Gasteiger partial charge >= 0.3 is 0 Å². The first-order chi connectivity index (χ1) is 4.91. The van der Waals surface area contributed by atoms with E-state index in [9.17, 15) is 0 Å². The van der Waals surface area contributed by atoms with E-state index in [2.05, 4.69) is 25.9 Å². The van der Waals surface area contributed by atoms with Crippen LogP contribution in [0, 0.1) is 3.82 Å². The molecule has 62 valence electrons. The van der Waals surface area contributed by atoms with Crippen molar-refractivity contribution in [2.75, 3.05) is 0 Å². The molecule has 0 saturated carbocycles. The zero-order valence-corrected chi connectivity index (χ0v) is 8.84. The number of hydrogen-bond acceptors (Lipinski definition) is 3. The van der Waals surface area contributed by atoms with E-state index in [-0.39, 0.29) is 5.41 Å². The Labute approximate surface area is 76.0 Å². The van der Waals surface area contributed by atoms with E-state index in [1.54, 1.807) is 0 Å². The summed E-state index contributed by atoms with van der Waals surface area (Å²) in [6, 6.07) is 0. The fraction of sp³-hybridized carbons (Fsp3) is 0.714. The molecule has 0 radical (unpaired) electrons. The van der Waals surface area contributed by atoms with E-state index in [0.29, 0.717) is 0 Å². The van der Waals surface area contributed by atoms with Crippen LogP contribution in [0.25, 0.3) is 0 Å². The van der Waals surface area contributed by atoms with Crippen LogP contribution in [0.1, 0.15) is 26.5 Å². The average Bonchev–Trinajstić information content (AvgIpc) is 2.08. The Kier molecular flexibility index (Phi) is 2.16. The Bertz CT molecular complexity index is 303. The normalized spacial score (nSPS) is 12.0. The van der Waals surface area contributed by atoms with E-state index >= 15 is 0 Å². The van der Waals surface area contributed by atoms with Gasteiger partial charge in [-0.25, -0.2) is 4.07 Å². The van der Waals surface area contributed by atoms with Crippen LogP contribution in [0.15, 0.2) is 0 Å². The van der Waals surface area contributed by atoms with Crippen LogP contribution in [0.5, 0.6) is 0 Å². The molecule has 11 heavy (non-hydrogen) atoms. The molecule has 0 N–H and O–H groups in total. The fourth-order valence-corrected chi connectivity index (χ4v) is 2.29. The van der Waals surface area contributed by atoms with Gasteiger partial charge < -0.3 is 0 Å². The van der Waals surface area contributed by atoms with Gasteiger partial charge in [-0.05, 0) is 11.5 Å². The minimum atomic E-state index is 0.0782. The molecular weight excluding hydrogens is 176 g/mol. The standard InChI is InChI=1S/C7H12N2S2/c1-7(2,3)5-6(10)11-9(4)8-5/h1-4H3. The van der Waals surface area contributed by atoms with Crippen molar-refractivity contribution >= 4 is 23.8 Å². The second-order valence-corrected chi connectivity index (χ2v) is 5.33. The lowest BCUT2D eigenvalue weighted by Gasteiger charge is -2.13. The summed E-state index contributed by atoms with van der Waals surface area (Å²) in [6.45, 7) is 6.37.